The van der Waals surface area contributed by atoms with Crippen molar-refractivity contribution in [3.63, 3.8) is 0 Å². The number of ether oxygens (including phenoxy) is 1. The van der Waals surface area contributed by atoms with Gasteiger partial charge in [0.05, 0.1) is 18.4 Å². The van der Waals surface area contributed by atoms with E-state index in [0.717, 1.165) is 35.8 Å². The van der Waals surface area contributed by atoms with E-state index < -0.39 is 15.9 Å². The van der Waals surface area contributed by atoms with Crippen molar-refractivity contribution in [3.05, 3.63) is 42.5 Å². The number of aliphatic imine (C=N–C) groups is 1. The van der Waals surface area contributed by atoms with Crippen LogP contribution in [0.2, 0.25) is 0 Å². The molecule has 0 fully saturated rings. The molecule has 1 N–H and O–H groups in total. The second-order valence-electron chi connectivity index (χ2n) is 10.00. The summed E-state index contributed by atoms with van der Waals surface area (Å²) in [6.07, 6.45) is 16.9. The summed E-state index contributed by atoms with van der Waals surface area (Å²) in [6.45, 7) is 2.04. The van der Waals surface area contributed by atoms with Crippen LogP contribution in [0.4, 0.5) is 0 Å². The van der Waals surface area contributed by atoms with Crippen molar-refractivity contribution in [1.29, 1.82) is 0 Å². The maximum absolute atomic E-state index is 12.2. The number of fused-ring (bicyclic) bond motifs is 1. The summed E-state index contributed by atoms with van der Waals surface area (Å²) < 4.78 is 36.9. The van der Waals surface area contributed by atoms with Gasteiger partial charge in [-0.15, -0.1) is 0 Å². The van der Waals surface area contributed by atoms with E-state index >= 15 is 0 Å². The Hall–Kier alpha value is -1.12. The number of hydrogen-bond acceptors (Lipinski definition) is 5. The molecule has 0 bridgehead atoms. The maximum Gasteiger partial charge on any atom is 1.00 e. The van der Waals surface area contributed by atoms with Crippen LogP contribution in [-0.4, -0.2) is 37.3 Å². The summed E-state index contributed by atoms with van der Waals surface area (Å²) in [7, 11) is -4.11. The van der Waals surface area contributed by atoms with E-state index in [9.17, 15) is 13.5 Å². The number of unbranched alkanes of at least 4 members (excludes halogenated alkanes) is 11. The molecule has 0 radical (unpaired) electrons. The Morgan fingerprint density at radius 1 is 0.868 bits per heavy atom. The molecule has 2 aromatic rings. The van der Waals surface area contributed by atoms with E-state index in [1.807, 2.05) is 30.3 Å². The van der Waals surface area contributed by atoms with E-state index in [1.165, 1.54) is 64.2 Å². The summed E-state index contributed by atoms with van der Waals surface area (Å²) in [5, 5.41) is 14.3. The zero-order chi connectivity index (χ0) is 26.8. The van der Waals surface area contributed by atoms with Gasteiger partial charge in [0.2, 0.25) is 0 Å². The Morgan fingerprint density at radius 3 is 2.08 bits per heavy atom. The summed E-state index contributed by atoms with van der Waals surface area (Å²) in [5.74, 6) is -0.0734. The molecule has 208 valence electrons. The van der Waals surface area contributed by atoms with Crippen LogP contribution in [0.5, 0.6) is 5.75 Å². The molecule has 0 amide bonds. The van der Waals surface area contributed by atoms with Crippen LogP contribution in [-0.2, 0) is 10.1 Å². The SMILES string of the molecule is CCCCCCCCCCCCCCC(CCC([O-])=NCCS(=O)(=O)O)Oc1cccc2ccccc12.[Na+]. The Labute approximate surface area is 252 Å². The van der Waals surface area contributed by atoms with Crippen molar-refractivity contribution in [2.45, 2.75) is 109 Å². The molecule has 6 nitrogen and oxygen atoms in total. The van der Waals surface area contributed by atoms with Crippen molar-refractivity contribution in [3.8, 4) is 5.75 Å². The smallest absolute Gasteiger partial charge is 0.862 e. The Balaban J connectivity index is 0.00000722. The number of benzene rings is 2. The van der Waals surface area contributed by atoms with Crippen molar-refractivity contribution in [2.75, 3.05) is 12.3 Å². The van der Waals surface area contributed by atoms with Crippen molar-refractivity contribution in [2.24, 2.45) is 4.99 Å². The molecule has 2 rings (SSSR count). The molecule has 0 saturated carbocycles. The van der Waals surface area contributed by atoms with Gasteiger partial charge in [-0.2, -0.15) is 8.42 Å². The van der Waals surface area contributed by atoms with E-state index in [1.54, 1.807) is 0 Å². The van der Waals surface area contributed by atoms with Gasteiger partial charge in [-0.1, -0.05) is 114 Å². The normalized spacial score (nSPS) is 12.8. The van der Waals surface area contributed by atoms with Crippen LogP contribution in [0.1, 0.15) is 103 Å². The second kappa shape index (κ2) is 20.7. The zero-order valence-electron chi connectivity index (χ0n) is 23.6. The molecule has 0 heterocycles. The maximum atomic E-state index is 12.2. The minimum absolute atomic E-state index is 0. The quantitative estimate of drug-likeness (QED) is 0.0822. The second-order valence-corrected chi connectivity index (χ2v) is 11.6. The predicted octanol–water partition coefficient (Wildman–Crippen LogP) is 4.11. The average molecular weight is 556 g/mol. The van der Waals surface area contributed by atoms with E-state index in [2.05, 4.69) is 24.0 Å². The van der Waals surface area contributed by atoms with Crippen LogP contribution in [0, 0.1) is 0 Å². The average Bonchev–Trinajstić information content (AvgIpc) is 2.87. The van der Waals surface area contributed by atoms with Crippen LogP contribution in [0.15, 0.2) is 47.5 Å². The first-order valence-corrected chi connectivity index (χ1v) is 15.8. The fourth-order valence-electron chi connectivity index (χ4n) is 4.60. The van der Waals surface area contributed by atoms with Crippen molar-refractivity contribution >= 4 is 26.8 Å². The van der Waals surface area contributed by atoms with Crippen LogP contribution >= 0.6 is 0 Å². The van der Waals surface area contributed by atoms with Gasteiger partial charge in [0, 0.05) is 5.39 Å². The minimum Gasteiger partial charge on any atom is -0.862 e. The van der Waals surface area contributed by atoms with Crippen LogP contribution in [0.3, 0.4) is 0 Å². The molecule has 8 heteroatoms. The molecule has 1 unspecified atom stereocenters. The molecule has 2 aromatic carbocycles. The predicted molar refractivity (Wildman–Crippen MR) is 152 cm³/mol. The largest absolute Gasteiger partial charge is 1.00 e. The summed E-state index contributed by atoms with van der Waals surface area (Å²) >= 11 is 0. The third-order valence-corrected chi connectivity index (χ3v) is 7.44. The van der Waals surface area contributed by atoms with Gasteiger partial charge in [-0.3, -0.25) is 4.55 Å². The Kier molecular flexibility index (Phi) is 19.0. The van der Waals surface area contributed by atoms with Gasteiger partial charge in [0.1, 0.15) is 5.75 Å². The van der Waals surface area contributed by atoms with Gasteiger partial charge >= 0.3 is 29.6 Å². The monoisotopic (exact) mass is 555 g/mol. The fraction of sp³-hybridized carbons (Fsp3) is 0.633. The molecular weight excluding hydrogens is 509 g/mol. The van der Waals surface area contributed by atoms with Gasteiger partial charge < -0.3 is 14.8 Å². The van der Waals surface area contributed by atoms with Crippen molar-refractivity contribution < 1.29 is 52.4 Å². The first-order valence-electron chi connectivity index (χ1n) is 14.2. The summed E-state index contributed by atoms with van der Waals surface area (Å²) in [6, 6.07) is 14.1. The third kappa shape index (κ3) is 16.1. The summed E-state index contributed by atoms with van der Waals surface area (Å²) in [5.41, 5.74) is 0. The van der Waals surface area contributed by atoms with Gasteiger partial charge in [-0.05, 0) is 43.0 Å². The van der Waals surface area contributed by atoms with Crippen LogP contribution in [0.25, 0.3) is 10.8 Å². The molecule has 0 aromatic heterocycles. The first kappa shape index (κ1) is 34.9. The standard InChI is InChI=1S/C30H47NO5S.Na/c1-2-3-4-5-6-7-8-9-10-11-12-13-19-27(22-23-30(32)31-24-25-37(33,34)35)36-29-21-16-18-26-17-14-15-20-28(26)29;/h14-18,20-21,27H,2-13,19,22-25H2,1H3,(H,31,32)(H,33,34,35);/q;+1/p-1. The molecule has 0 spiro atoms. The molecule has 38 heavy (non-hydrogen) atoms. The fourth-order valence-corrected chi connectivity index (χ4v) is 4.92. The van der Waals surface area contributed by atoms with Crippen molar-refractivity contribution in [1.82, 2.24) is 0 Å². The molecule has 0 aliphatic carbocycles. The van der Waals surface area contributed by atoms with E-state index in [-0.39, 0.29) is 54.5 Å². The Morgan fingerprint density at radius 2 is 1.45 bits per heavy atom. The Bertz CT molecular complexity index is 1020. The topological polar surface area (TPSA) is 99.0 Å². The molecule has 0 aliphatic rings. The van der Waals surface area contributed by atoms with Gasteiger partial charge in [-0.25, -0.2) is 0 Å². The van der Waals surface area contributed by atoms with Gasteiger partial charge in [0.25, 0.3) is 10.1 Å². The molecular formula is C30H46NNaO5S. The number of nitrogens with zero attached hydrogens (tertiary/aromatic N) is 1. The van der Waals surface area contributed by atoms with Gasteiger partial charge in [0.15, 0.2) is 0 Å². The zero-order valence-corrected chi connectivity index (χ0v) is 26.4. The van der Waals surface area contributed by atoms with E-state index in [4.69, 9.17) is 9.29 Å². The third-order valence-electron chi connectivity index (χ3n) is 6.74. The molecule has 0 aliphatic heterocycles. The molecule has 1 atom stereocenters. The minimum atomic E-state index is -4.11. The summed E-state index contributed by atoms with van der Waals surface area (Å²) in [4.78, 5) is 3.77. The van der Waals surface area contributed by atoms with Crippen LogP contribution < -0.4 is 39.4 Å². The van der Waals surface area contributed by atoms with E-state index in [0.29, 0.717) is 6.42 Å². The molecule has 0 saturated heterocycles. The first-order chi connectivity index (χ1) is 17.9. The number of rotatable bonds is 21. The number of hydrogen-bond donors (Lipinski definition) is 1.